The van der Waals surface area contributed by atoms with Crippen molar-refractivity contribution < 1.29 is 35.5 Å². The lowest BCUT2D eigenvalue weighted by Crippen LogP contribution is -2.17. The van der Waals surface area contributed by atoms with E-state index in [-0.39, 0.29) is 29.6 Å². The third-order valence-corrected chi connectivity index (χ3v) is 3.11. The molecular weight excluding hydrogens is 357 g/mol. The van der Waals surface area contributed by atoms with E-state index < -0.39 is 40.8 Å². The van der Waals surface area contributed by atoms with Gasteiger partial charge < -0.3 is 11.1 Å². The molecule has 1 amide bonds. The monoisotopic (exact) mass is 366 g/mol. The van der Waals surface area contributed by atoms with Crippen LogP contribution in [0.5, 0.6) is 0 Å². The first-order valence-electron chi connectivity index (χ1n) is 6.54. The highest BCUT2D eigenvalue weighted by molar-refractivity contribution is 6.06. The van der Waals surface area contributed by atoms with Gasteiger partial charge in [0.25, 0.3) is 5.91 Å². The number of anilines is 2. The number of hydrogen-bond acceptors (Lipinski definition) is 2. The van der Waals surface area contributed by atoms with Gasteiger partial charge >= 0.3 is 12.4 Å². The summed E-state index contributed by atoms with van der Waals surface area (Å²) in [5.41, 5.74) is 0.916. The van der Waals surface area contributed by atoms with Crippen LogP contribution in [0.25, 0.3) is 0 Å². The Kier molecular flexibility index (Phi) is 4.65. The summed E-state index contributed by atoms with van der Waals surface area (Å²) in [6.45, 7) is 0. The predicted molar refractivity (Wildman–Crippen MR) is 75.2 cm³/mol. The number of nitrogens with one attached hydrogen (secondary N) is 1. The molecule has 0 aliphatic heterocycles. The second-order valence-electron chi connectivity index (χ2n) is 4.98. The van der Waals surface area contributed by atoms with Gasteiger partial charge in [-0.1, -0.05) is 0 Å². The summed E-state index contributed by atoms with van der Waals surface area (Å²) in [5.74, 6) is -1.98. The second kappa shape index (κ2) is 6.26. The lowest BCUT2D eigenvalue weighted by atomic mass is 10.0. The number of halogens is 7. The molecule has 0 fully saturated rings. The minimum absolute atomic E-state index is 0.0942. The molecule has 0 saturated heterocycles. The molecule has 0 atom stereocenters. The zero-order valence-electron chi connectivity index (χ0n) is 12.1. The average Bonchev–Trinajstić information content (AvgIpc) is 2.47. The third kappa shape index (κ3) is 4.40. The smallest absolute Gasteiger partial charge is 0.397 e. The molecule has 0 unspecified atom stereocenters. The molecule has 0 spiro atoms. The molecule has 2 rings (SSSR count). The summed E-state index contributed by atoms with van der Waals surface area (Å²) in [4.78, 5) is 12.0. The van der Waals surface area contributed by atoms with E-state index in [4.69, 9.17) is 5.73 Å². The Morgan fingerprint density at radius 3 is 1.84 bits per heavy atom. The van der Waals surface area contributed by atoms with Gasteiger partial charge in [-0.3, -0.25) is 4.79 Å². The second-order valence-corrected chi connectivity index (χ2v) is 4.98. The molecule has 2 aromatic carbocycles. The number of rotatable bonds is 2. The fourth-order valence-corrected chi connectivity index (χ4v) is 1.93. The van der Waals surface area contributed by atoms with Crippen molar-refractivity contribution in [3.63, 3.8) is 0 Å². The number of amides is 1. The van der Waals surface area contributed by atoms with Crippen molar-refractivity contribution in [1.29, 1.82) is 0 Å². The Morgan fingerprint density at radius 1 is 0.880 bits per heavy atom. The van der Waals surface area contributed by atoms with E-state index in [0.717, 1.165) is 18.2 Å². The summed E-state index contributed by atoms with van der Waals surface area (Å²) in [6.07, 6.45) is -10.2. The first kappa shape index (κ1) is 18.6. The van der Waals surface area contributed by atoms with Gasteiger partial charge in [0.1, 0.15) is 5.82 Å². The Bertz CT molecular complexity index is 780. The van der Waals surface area contributed by atoms with Gasteiger partial charge in [0.15, 0.2) is 0 Å². The van der Waals surface area contributed by atoms with Gasteiger partial charge in [0, 0.05) is 5.56 Å². The lowest BCUT2D eigenvalue weighted by Gasteiger charge is -2.14. The van der Waals surface area contributed by atoms with E-state index in [1.807, 2.05) is 5.32 Å². The molecule has 0 aromatic heterocycles. The maximum Gasteiger partial charge on any atom is 0.416 e. The number of nitrogen functional groups attached to an aromatic ring is 1. The number of nitrogens with two attached hydrogens (primary N) is 1. The predicted octanol–water partition coefficient (Wildman–Crippen LogP) is 4.70. The number of alkyl halides is 6. The zero-order chi connectivity index (χ0) is 19.0. The largest absolute Gasteiger partial charge is 0.416 e. The summed E-state index contributed by atoms with van der Waals surface area (Å²) >= 11 is 0. The first-order valence-corrected chi connectivity index (χ1v) is 6.54. The SMILES string of the molecule is Nc1cc(F)ccc1NC(=O)c1cc(C(F)(F)F)cc(C(F)(F)F)c1. The van der Waals surface area contributed by atoms with Gasteiger partial charge in [0.05, 0.1) is 22.5 Å². The van der Waals surface area contributed by atoms with E-state index >= 15 is 0 Å². The van der Waals surface area contributed by atoms with Gasteiger partial charge in [-0.25, -0.2) is 4.39 Å². The highest BCUT2D eigenvalue weighted by atomic mass is 19.4. The first-order chi connectivity index (χ1) is 11.4. The zero-order valence-corrected chi connectivity index (χ0v) is 12.1. The standard InChI is InChI=1S/C15H9F7N2O/c16-10-1-2-12(11(23)6-10)24-13(25)7-3-8(14(17,18)19)5-9(4-7)15(20,21)22/h1-6H,23H2,(H,24,25). The maximum atomic E-state index is 12.9. The minimum Gasteiger partial charge on any atom is -0.397 e. The fraction of sp³-hybridized carbons (Fsp3) is 0.133. The number of carbonyl (C=O) groups excluding carboxylic acids is 1. The van der Waals surface area contributed by atoms with Crippen LogP contribution in [0.15, 0.2) is 36.4 Å². The highest BCUT2D eigenvalue weighted by Gasteiger charge is 2.37. The molecule has 0 aliphatic carbocycles. The van der Waals surface area contributed by atoms with Crippen LogP contribution >= 0.6 is 0 Å². The molecule has 3 N–H and O–H groups in total. The van der Waals surface area contributed by atoms with Crippen LogP contribution in [-0.2, 0) is 12.4 Å². The number of benzene rings is 2. The normalized spacial score (nSPS) is 12.1. The summed E-state index contributed by atoms with van der Waals surface area (Å²) in [6, 6.07) is 3.25. The van der Waals surface area contributed by atoms with Crippen molar-refractivity contribution in [1.82, 2.24) is 0 Å². The van der Waals surface area contributed by atoms with Crippen molar-refractivity contribution in [3.05, 3.63) is 58.9 Å². The van der Waals surface area contributed by atoms with Crippen molar-refractivity contribution in [2.24, 2.45) is 0 Å². The molecule has 3 nitrogen and oxygen atoms in total. The lowest BCUT2D eigenvalue weighted by molar-refractivity contribution is -0.143. The summed E-state index contributed by atoms with van der Waals surface area (Å²) < 4.78 is 89.6. The fourth-order valence-electron chi connectivity index (χ4n) is 1.93. The topological polar surface area (TPSA) is 55.1 Å². The maximum absolute atomic E-state index is 12.9. The van der Waals surface area contributed by atoms with Crippen molar-refractivity contribution in [2.45, 2.75) is 12.4 Å². The van der Waals surface area contributed by atoms with Crippen LogP contribution < -0.4 is 11.1 Å². The van der Waals surface area contributed by atoms with Crippen LogP contribution in [0.3, 0.4) is 0 Å². The van der Waals surface area contributed by atoms with Gasteiger partial charge in [0.2, 0.25) is 0 Å². The van der Waals surface area contributed by atoms with Crippen LogP contribution in [-0.4, -0.2) is 5.91 Å². The highest BCUT2D eigenvalue weighted by Crippen LogP contribution is 2.36. The average molecular weight is 366 g/mol. The third-order valence-electron chi connectivity index (χ3n) is 3.11. The Morgan fingerprint density at radius 2 is 1.40 bits per heavy atom. The molecule has 2 aromatic rings. The molecular formula is C15H9F7N2O. The van der Waals surface area contributed by atoms with E-state index in [2.05, 4.69) is 0 Å². The van der Waals surface area contributed by atoms with Crippen LogP contribution in [0.4, 0.5) is 42.1 Å². The van der Waals surface area contributed by atoms with Crippen molar-refractivity contribution >= 4 is 17.3 Å². The Labute approximate surface area is 136 Å². The van der Waals surface area contributed by atoms with Crippen molar-refractivity contribution in [2.75, 3.05) is 11.1 Å². The van der Waals surface area contributed by atoms with Gasteiger partial charge in [-0.15, -0.1) is 0 Å². The summed E-state index contributed by atoms with van der Waals surface area (Å²) in [5, 5.41) is 2.05. The summed E-state index contributed by atoms with van der Waals surface area (Å²) in [7, 11) is 0. The van der Waals surface area contributed by atoms with E-state index in [0.29, 0.717) is 0 Å². The van der Waals surface area contributed by atoms with Crippen molar-refractivity contribution in [3.8, 4) is 0 Å². The molecule has 0 heterocycles. The van der Waals surface area contributed by atoms with Gasteiger partial charge in [-0.2, -0.15) is 26.3 Å². The van der Waals surface area contributed by atoms with Gasteiger partial charge in [-0.05, 0) is 36.4 Å². The van der Waals surface area contributed by atoms with Crippen LogP contribution in [0, 0.1) is 5.82 Å². The molecule has 10 heteroatoms. The van der Waals surface area contributed by atoms with E-state index in [1.165, 1.54) is 0 Å². The van der Waals surface area contributed by atoms with Crippen LogP contribution in [0.1, 0.15) is 21.5 Å². The Balaban J connectivity index is 2.44. The molecule has 0 radical (unpaired) electrons. The number of hydrogen-bond donors (Lipinski definition) is 2. The Hall–Kier alpha value is -2.78. The molecule has 0 bridgehead atoms. The minimum atomic E-state index is -5.08. The quantitative estimate of drug-likeness (QED) is 0.598. The molecule has 0 aliphatic rings. The van der Waals surface area contributed by atoms with E-state index in [1.54, 1.807) is 0 Å². The number of carbonyl (C=O) groups is 1. The molecule has 25 heavy (non-hydrogen) atoms. The van der Waals surface area contributed by atoms with Crippen LogP contribution in [0.2, 0.25) is 0 Å². The molecule has 134 valence electrons. The van der Waals surface area contributed by atoms with E-state index in [9.17, 15) is 35.5 Å². The molecule has 0 saturated carbocycles.